The first-order valence-corrected chi connectivity index (χ1v) is 5.60. The zero-order chi connectivity index (χ0) is 13.1. The van der Waals surface area contributed by atoms with E-state index in [2.05, 4.69) is 4.98 Å². The van der Waals surface area contributed by atoms with E-state index < -0.39 is 4.92 Å². The molecule has 1 fully saturated rings. The van der Waals surface area contributed by atoms with Crippen molar-refractivity contribution in [3.63, 3.8) is 0 Å². The Morgan fingerprint density at radius 1 is 1.67 bits per heavy atom. The highest BCUT2D eigenvalue weighted by atomic mass is 16.6. The van der Waals surface area contributed by atoms with Crippen LogP contribution in [-0.2, 0) is 0 Å². The van der Waals surface area contributed by atoms with Crippen LogP contribution in [0.25, 0.3) is 0 Å². The first-order valence-electron chi connectivity index (χ1n) is 5.60. The van der Waals surface area contributed by atoms with Crippen molar-refractivity contribution < 1.29 is 10.0 Å². The molecule has 1 aliphatic rings. The molecule has 0 saturated heterocycles. The number of aliphatic hydroxyl groups excluding tert-OH is 1. The maximum absolute atomic E-state index is 11.1. The molecular weight excluding hydrogens is 236 g/mol. The average Bonchev–Trinajstić information content (AvgIpc) is 3.19. The van der Waals surface area contributed by atoms with Gasteiger partial charge in [0.05, 0.1) is 11.5 Å². The molecule has 0 aromatic carbocycles. The Morgan fingerprint density at radius 3 is 2.89 bits per heavy atom. The third-order valence-electron chi connectivity index (χ3n) is 2.81. The van der Waals surface area contributed by atoms with E-state index in [1.165, 1.54) is 12.3 Å². The van der Waals surface area contributed by atoms with Gasteiger partial charge in [-0.3, -0.25) is 10.1 Å². The summed E-state index contributed by atoms with van der Waals surface area (Å²) in [4.78, 5) is 16.2. The first kappa shape index (κ1) is 12.3. The minimum Gasteiger partial charge on any atom is -0.395 e. The van der Waals surface area contributed by atoms with Crippen molar-refractivity contribution in [2.24, 2.45) is 0 Å². The number of pyridine rings is 1. The normalized spacial score (nSPS) is 14.0. The molecule has 1 aliphatic carbocycles. The second-order valence-electron chi connectivity index (χ2n) is 4.05. The Hall–Kier alpha value is -2.20. The van der Waals surface area contributed by atoms with Gasteiger partial charge < -0.3 is 10.0 Å². The van der Waals surface area contributed by atoms with Crippen LogP contribution in [0.4, 0.5) is 11.5 Å². The van der Waals surface area contributed by atoms with Crippen LogP contribution < -0.4 is 4.90 Å². The van der Waals surface area contributed by atoms with Crippen molar-refractivity contribution in [3.8, 4) is 6.07 Å². The topological polar surface area (TPSA) is 103 Å². The molecule has 0 aliphatic heterocycles. The second-order valence-corrected chi connectivity index (χ2v) is 4.05. The van der Waals surface area contributed by atoms with Crippen LogP contribution in [0.15, 0.2) is 12.3 Å². The number of nitrogens with zero attached hydrogens (tertiary/aromatic N) is 4. The molecule has 1 saturated carbocycles. The van der Waals surface area contributed by atoms with Gasteiger partial charge in [0.15, 0.2) is 0 Å². The van der Waals surface area contributed by atoms with Gasteiger partial charge in [0, 0.05) is 18.8 Å². The smallest absolute Gasteiger partial charge is 0.329 e. The summed E-state index contributed by atoms with van der Waals surface area (Å²) < 4.78 is 0. The largest absolute Gasteiger partial charge is 0.395 e. The Morgan fingerprint density at radius 2 is 2.39 bits per heavy atom. The summed E-state index contributed by atoms with van der Waals surface area (Å²) in [6.07, 6.45) is 3.23. The first-order chi connectivity index (χ1) is 8.69. The maximum atomic E-state index is 11.1. The third-order valence-corrected chi connectivity index (χ3v) is 2.81. The van der Waals surface area contributed by atoms with E-state index >= 15 is 0 Å². The standard InChI is InChI=1S/C11H12N4O3/c12-7-8-3-4-13-11(10(8)15(17)18)14(5-6-16)9-1-2-9/h3-4,9,16H,1-2,5-6H2. The quantitative estimate of drug-likeness (QED) is 0.611. The summed E-state index contributed by atoms with van der Waals surface area (Å²) >= 11 is 0. The Balaban J connectivity index is 2.48. The lowest BCUT2D eigenvalue weighted by Gasteiger charge is -2.22. The monoisotopic (exact) mass is 248 g/mol. The zero-order valence-corrected chi connectivity index (χ0v) is 9.61. The number of hydrogen-bond donors (Lipinski definition) is 1. The Kier molecular flexibility index (Phi) is 3.39. The maximum Gasteiger partial charge on any atom is 0.329 e. The summed E-state index contributed by atoms with van der Waals surface area (Å²) in [5, 5.41) is 29.0. The SMILES string of the molecule is N#Cc1ccnc(N(CCO)C2CC2)c1[N+](=O)[O-]. The van der Waals surface area contributed by atoms with Crippen LogP contribution in [0, 0.1) is 21.4 Å². The molecule has 18 heavy (non-hydrogen) atoms. The van der Waals surface area contributed by atoms with E-state index in [-0.39, 0.29) is 36.3 Å². The lowest BCUT2D eigenvalue weighted by Crippen LogP contribution is -2.30. The molecule has 0 unspecified atom stereocenters. The number of aromatic nitrogens is 1. The fraction of sp³-hybridized carbons (Fsp3) is 0.455. The van der Waals surface area contributed by atoms with Crippen LogP contribution in [0.2, 0.25) is 0 Å². The van der Waals surface area contributed by atoms with Crippen molar-refractivity contribution >= 4 is 11.5 Å². The van der Waals surface area contributed by atoms with Gasteiger partial charge >= 0.3 is 5.69 Å². The molecule has 0 atom stereocenters. The van der Waals surface area contributed by atoms with Gasteiger partial charge in [-0.05, 0) is 18.9 Å². The van der Waals surface area contributed by atoms with E-state index in [4.69, 9.17) is 10.4 Å². The van der Waals surface area contributed by atoms with Crippen LogP contribution in [0.1, 0.15) is 18.4 Å². The van der Waals surface area contributed by atoms with Crippen molar-refractivity contribution in [2.45, 2.75) is 18.9 Å². The molecule has 0 bridgehead atoms. The molecule has 1 N–H and O–H groups in total. The van der Waals surface area contributed by atoms with E-state index in [0.717, 1.165) is 12.8 Å². The Bertz CT molecular complexity index is 508. The van der Waals surface area contributed by atoms with Crippen molar-refractivity contribution in [3.05, 3.63) is 27.9 Å². The number of nitriles is 1. The van der Waals surface area contributed by atoms with Gasteiger partial charge in [-0.15, -0.1) is 0 Å². The van der Waals surface area contributed by atoms with Gasteiger partial charge in [0.2, 0.25) is 5.82 Å². The molecule has 2 rings (SSSR count). The van der Waals surface area contributed by atoms with Crippen LogP contribution >= 0.6 is 0 Å². The molecule has 7 heteroatoms. The summed E-state index contributed by atoms with van der Waals surface area (Å²) in [7, 11) is 0. The van der Waals surface area contributed by atoms with Crippen molar-refractivity contribution in [2.75, 3.05) is 18.1 Å². The summed E-state index contributed by atoms with van der Waals surface area (Å²) in [5.74, 6) is 0.176. The van der Waals surface area contributed by atoms with Gasteiger partial charge in [-0.2, -0.15) is 5.26 Å². The van der Waals surface area contributed by atoms with Gasteiger partial charge in [-0.25, -0.2) is 4.98 Å². The fourth-order valence-electron chi connectivity index (χ4n) is 1.88. The van der Waals surface area contributed by atoms with Crippen LogP contribution in [0.5, 0.6) is 0 Å². The molecule has 0 spiro atoms. The highest BCUT2D eigenvalue weighted by molar-refractivity contribution is 5.66. The number of anilines is 1. The van der Waals surface area contributed by atoms with Crippen LogP contribution in [0.3, 0.4) is 0 Å². The molecule has 1 aromatic rings. The fourth-order valence-corrected chi connectivity index (χ4v) is 1.88. The number of aliphatic hydroxyl groups is 1. The molecule has 94 valence electrons. The summed E-state index contributed by atoms with van der Waals surface area (Å²) in [6, 6.07) is 3.31. The number of nitro groups is 1. The van der Waals surface area contributed by atoms with Crippen molar-refractivity contribution in [1.82, 2.24) is 4.98 Å². The predicted octanol–water partition coefficient (Wildman–Crippen LogP) is 0.823. The highest BCUT2D eigenvalue weighted by Crippen LogP contribution is 2.36. The summed E-state index contributed by atoms with van der Waals surface area (Å²) in [5.41, 5.74) is -0.283. The lowest BCUT2D eigenvalue weighted by molar-refractivity contribution is -0.384. The molecule has 7 nitrogen and oxygen atoms in total. The molecule has 1 aromatic heterocycles. The number of hydrogen-bond acceptors (Lipinski definition) is 6. The Labute approximate surface area is 103 Å². The van der Waals surface area contributed by atoms with E-state index in [0.29, 0.717) is 0 Å². The van der Waals surface area contributed by atoms with E-state index in [1.54, 1.807) is 11.0 Å². The third kappa shape index (κ3) is 2.24. The number of rotatable bonds is 5. The summed E-state index contributed by atoms with van der Waals surface area (Å²) in [6.45, 7) is 0.180. The lowest BCUT2D eigenvalue weighted by atomic mass is 10.2. The average molecular weight is 248 g/mol. The molecule has 0 radical (unpaired) electrons. The minimum absolute atomic E-state index is 0.00594. The second kappa shape index (κ2) is 4.98. The molecule has 1 heterocycles. The minimum atomic E-state index is -0.590. The van der Waals surface area contributed by atoms with E-state index in [9.17, 15) is 10.1 Å². The predicted molar refractivity (Wildman–Crippen MR) is 63.1 cm³/mol. The molecule has 0 amide bonds. The van der Waals surface area contributed by atoms with Gasteiger partial charge in [0.1, 0.15) is 11.6 Å². The van der Waals surface area contributed by atoms with E-state index in [1.807, 2.05) is 0 Å². The highest BCUT2D eigenvalue weighted by Gasteiger charge is 2.35. The van der Waals surface area contributed by atoms with Gasteiger partial charge in [0.25, 0.3) is 0 Å². The zero-order valence-electron chi connectivity index (χ0n) is 9.61. The van der Waals surface area contributed by atoms with Crippen molar-refractivity contribution in [1.29, 1.82) is 5.26 Å². The molecular formula is C11H12N4O3. The van der Waals surface area contributed by atoms with Crippen LogP contribution in [-0.4, -0.2) is 34.2 Å². The van der Waals surface area contributed by atoms with Gasteiger partial charge in [-0.1, -0.05) is 0 Å².